The Morgan fingerprint density at radius 1 is 1.00 bits per heavy atom. The summed E-state index contributed by atoms with van der Waals surface area (Å²) in [6.07, 6.45) is 0.192. The van der Waals surface area contributed by atoms with Crippen molar-refractivity contribution in [2.75, 3.05) is 31.5 Å². The van der Waals surface area contributed by atoms with Crippen LogP contribution in [-0.4, -0.2) is 55.6 Å². The zero-order valence-corrected chi connectivity index (χ0v) is 17.5. The molecular formula is C20H22ClN3O4S. The highest BCUT2D eigenvalue weighted by molar-refractivity contribution is 7.89. The second kappa shape index (κ2) is 8.94. The van der Waals surface area contributed by atoms with Gasteiger partial charge < -0.3 is 10.2 Å². The summed E-state index contributed by atoms with van der Waals surface area (Å²) in [5.74, 6) is -0.298. The molecule has 2 aromatic rings. The smallest absolute Gasteiger partial charge is 0.243 e. The van der Waals surface area contributed by atoms with Gasteiger partial charge in [0.15, 0.2) is 0 Å². The number of rotatable bonds is 5. The minimum absolute atomic E-state index is 0.0743. The van der Waals surface area contributed by atoms with Crippen molar-refractivity contribution in [2.45, 2.75) is 18.2 Å². The zero-order valence-electron chi connectivity index (χ0n) is 16.0. The van der Waals surface area contributed by atoms with E-state index in [0.29, 0.717) is 23.8 Å². The first-order chi connectivity index (χ1) is 13.8. The number of hydrogen-bond acceptors (Lipinski definition) is 4. The van der Waals surface area contributed by atoms with E-state index in [2.05, 4.69) is 5.32 Å². The van der Waals surface area contributed by atoms with Crippen molar-refractivity contribution in [1.82, 2.24) is 9.21 Å². The van der Waals surface area contributed by atoms with Crippen LogP contribution in [0.3, 0.4) is 0 Å². The molecule has 0 aromatic heterocycles. The number of nitrogens with zero attached hydrogens (tertiary/aromatic N) is 2. The average Bonchev–Trinajstić information content (AvgIpc) is 2.70. The summed E-state index contributed by atoms with van der Waals surface area (Å²) in [5.41, 5.74) is 1.29. The van der Waals surface area contributed by atoms with Crippen LogP contribution in [0.5, 0.6) is 0 Å². The normalized spacial score (nSPS) is 15.2. The quantitative estimate of drug-likeness (QED) is 0.781. The van der Waals surface area contributed by atoms with Gasteiger partial charge in [-0.05, 0) is 35.9 Å². The van der Waals surface area contributed by atoms with E-state index < -0.39 is 10.0 Å². The third-order valence-electron chi connectivity index (χ3n) is 4.70. The Hall–Kier alpha value is -2.42. The van der Waals surface area contributed by atoms with Crippen molar-refractivity contribution in [3.63, 3.8) is 0 Å². The standard InChI is InChI=1S/C20H22ClN3O4S/c1-15(25)22-17-6-8-18(9-7-17)29(27,28)24-12-10-23(11-13-24)20(26)14-16-4-2-3-5-19(16)21/h2-9H,10-14H2,1H3,(H,22,25). The number of benzene rings is 2. The van der Waals surface area contributed by atoms with Crippen molar-refractivity contribution in [1.29, 1.82) is 0 Å². The van der Waals surface area contributed by atoms with Gasteiger partial charge >= 0.3 is 0 Å². The molecule has 2 amide bonds. The molecule has 1 heterocycles. The van der Waals surface area contributed by atoms with Crippen LogP contribution in [0.4, 0.5) is 5.69 Å². The molecule has 2 aromatic carbocycles. The number of carbonyl (C=O) groups excluding carboxylic acids is 2. The molecule has 1 N–H and O–H groups in total. The Morgan fingerprint density at radius 2 is 1.62 bits per heavy atom. The number of amides is 2. The Labute approximate surface area is 175 Å². The van der Waals surface area contributed by atoms with E-state index in [-0.39, 0.29) is 36.2 Å². The van der Waals surface area contributed by atoms with Gasteiger partial charge in [-0.2, -0.15) is 4.31 Å². The predicted octanol–water partition coefficient (Wildman–Crippen LogP) is 2.37. The summed E-state index contributed by atoms with van der Waals surface area (Å²) < 4.78 is 27.1. The highest BCUT2D eigenvalue weighted by atomic mass is 35.5. The SMILES string of the molecule is CC(=O)Nc1ccc(S(=O)(=O)N2CCN(C(=O)Cc3ccccc3Cl)CC2)cc1. The third kappa shape index (κ3) is 5.14. The Bertz CT molecular complexity index is 1000. The van der Waals surface area contributed by atoms with E-state index in [1.54, 1.807) is 23.1 Å². The van der Waals surface area contributed by atoms with Crippen LogP contribution in [0.2, 0.25) is 5.02 Å². The van der Waals surface area contributed by atoms with Crippen molar-refractivity contribution in [2.24, 2.45) is 0 Å². The minimum atomic E-state index is -3.66. The van der Waals surface area contributed by atoms with E-state index in [1.165, 1.54) is 23.4 Å². The molecule has 0 aliphatic carbocycles. The first kappa shape index (κ1) is 21.3. The number of hydrogen-bond donors (Lipinski definition) is 1. The average molecular weight is 436 g/mol. The summed E-state index contributed by atoms with van der Waals surface area (Å²) in [4.78, 5) is 25.4. The van der Waals surface area contributed by atoms with Crippen LogP contribution < -0.4 is 5.32 Å². The van der Waals surface area contributed by atoms with Gasteiger partial charge in [0.2, 0.25) is 21.8 Å². The molecule has 154 valence electrons. The predicted molar refractivity (Wildman–Crippen MR) is 111 cm³/mol. The van der Waals surface area contributed by atoms with Gasteiger partial charge in [0.25, 0.3) is 0 Å². The van der Waals surface area contributed by atoms with E-state index in [4.69, 9.17) is 11.6 Å². The molecule has 0 bridgehead atoms. The van der Waals surface area contributed by atoms with Gasteiger partial charge in [-0.15, -0.1) is 0 Å². The molecule has 9 heteroatoms. The molecule has 0 atom stereocenters. The summed E-state index contributed by atoms with van der Waals surface area (Å²) in [7, 11) is -3.66. The number of sulfonamides is 1. The minimum Gasteiger partial charge on any atom is -0.340 e. The molecule has 7 nitrogen and oxygen atoms in total. The van der Waals surface area contributed by atoms with Crippen molar-refractivity contribution in [3.05, 3.63) is 59.1 Å². The first-order valence-electron chi connectivity index (χ1n) is 9.16. The Morgan fingerprint density at radius 3 is 2.21 bits per heavy atom. The highest BCUT2D eigenvalue weighted by Crippen LogP contribution is 2.21. The summed E-state index contributed by atoms with van der Waals surface area (Å²) in [6, 6.07) is 13.2. The molecule has 1 aliphatic heterocycles. The largest absolute Gasteiger partial charge is 0.340 e. The summed E-state index contributed by atoms with van der Waals surface area (Å²) in [5, 5.41) is 3.15. The van der Waals surface area contributed by atoms with Crippen molar-refractivity contribution < 1.29 is 18.0 Å². The number of nitrogens with one attached hydrogen (secondary N) is 1. The maximum atomic E-state index is 12.9. The van der Waals surface area contributed by atoms with Gasteiger partial charge in [0.1, 0.15) is 0 Å². The van der Waals surface area contributed by atoms with Crippen molar-refractivity contribution in [3.8, 4) is 0 Å². The maximum absolute atomic E-state index is 12.9. The maximum Gasteiger partial charge on any atom is 0.243 e. The fourth-order valence-electron chi connectivity index (χ4n) is 3.16. The molecule has 0 saturated carbocycles. The molecule has 0 spiro atoms. The fraction of sp³-hybridized carbons (Fsp3) is 0.300. The zero-order chi connectivity index (χ0) is 21.0. The van der Waals surface area contributed by atoms with E-state index in [1.807, 2.05) is 18.2 Å². The molecule has 29 heavy (non-hydrogen) atoms. The fourth-order valence-corrected chi connectivity index (χ4v) is 4.78. The van der Waals surface area contributed by atoms with E-state index in [9.17, 15) is 18.0 Å². The van der Waals surface area contributed by atoms with Crippen LogP contribution in [0.15, 0.2) is 53.4 Å². The lowest BCUT2D eigenvalue weighted by Crippen LogP contribution is -2.50. The van der Waals surface area contributed by atoms with E-state index >= 15 is 0 Å². The van der Waals surface area contributed by atoms with Crippen molar-refractivity contribution >= 4 is 39.1 Å². The van der Waals surface area contributed by atoms with Gasteiger partial charge in [0, 0.05) is 43.8 Å². The van der Waals surface area contributed by atoms with E-state index in [0.717, 1.165) is 5.56 Å². The third-order valence-corrected chi connectivity index (χ3v) is 6.98. The van der Waals surface area contributed by atoms with Gasteiger partial charge in [-0.3, -0.25) is 9.59 Å². The molecule has 1 saturated heterocycles. The highest BCUT2D eigenvalue weighted by Gasteiger charge is 2.30. The second-order valence-electron chi connectivity index (χ2n) is 6.76. The van der Waals surface area contributed by atoms with Crippen LogP contribution in [0, 0.1) is 0 Å². The van der Waals surface area contributed by atoms with Crippen LogP contribution in [-0.2, 0) is 26.0 Å². The number of piperazine rings is 1. The topological polar surface area (TPSA) is 86.8 Å². The van der Waals surface area contributed by atoms with Gasteiger partial charge in [-0.25, -0.2) is 8.42 Å². The number of halogens is 1. The molecule has 3 rings (SSSR count). The lowest BCUT2D eigenvalue weighted by molar-refractivity contribution is -0.131. The monoisotopic (exact) mass is 435 g/mol. The molecule has 0 radical (unpaired) electrons. The lowest BCUT2D eigenvalue weighted by atomic mass is 10.1. The number of anilines is 1. The second-order valence-corrected chi connectivity index (χ2v) is 9.10. The Balaban J connectivity index is 1.61. The molecule has 1 fully saturated rings. The number of carbonyl (C=O) groups is 2. The summed E-state index contributed by atoms with van der Waals surface area (Å²) >= 11 is 6.12. The molecule has 1 aliphatic rings. The van der Waals surface area contributed by atoms with Crippen LogP contribution >= 0.6 is 11.6 Å². The van der Waals surface area contributed by atoms with Crippen LogP contribution in [0.1, 0.15) is 12.5 Å². The Kier molecular flexibility index (Phi) is 6.56. The first-order valence-corrected chi connectivity index (χ1v) is 11.0. The molecular weight excluding hydrogens is 414 g/mol. The van der Waals surface area contributed by atoms with Crippen LogP contribution in [0.25, 0.3) is 0 Å². The van der Waals surface area contributed by atoms with Gasteiger partial charge in [-0.1, -0.05) is 29.8 Å². The van der Waals surface area contributed by atoms with Gasteiger partial charge in [0.05, 0.1) is 11.3 Å². The summed E-state index contributed by atoms with van der Waals surface area (Å²) in [6.45, 7) is 2.49. The lowest BCUT2D eigenvalue weighted by Gasteiger charge is -2.34. The molecule has 0 unspecified atom stereocenters.